The van der Waals surface area contributed by atoms with Gasteiger partial charge in [-0.15, -0.1) is 0 Å². The lowest BCUT2D eigenvalue weighted by Gasteiger charge is -2.13. The van der Waals surface area contributed by atoms with Gasteiger partial charge in [-0.25, -0.2) is 13.6 Å². The van der Waals surface area contributed by atoms with Crippen molar-refractivity contribution in [2.24, 2.45) is 10.3 Å². The summed E-state index contributed by atoms with van der Waals surface area (Å²) >= 11 is 0. The summed E-state index contributed by atoms with van der Waals surface area (Å²) < 4.78 is 27.8. The first-order valence-corrected chi connectivity index (χ1v) is 9.99. The van der Waals surface area contributed by atoms with E-state index in [0.29, 0.717) is 6.42 Å². The highest BCUT2D eigenvalue weighted by Gasteiger charge is 2.26. The number of hydrogen-bond acceptors (Lipinski definition) is 6. The number of carbonyl (C=O) groups excluding carboxylic acids is 1. The van der Waals surface area contributed by atoms with Crippen LogP contribution in [0.1, 0.15) is 37.0 Å². The highest BCUT2D eigenvalue weighted by atomic mass is 32.2. The summed E-state index contributed by atoms with van der Waals surface area (Å²) in [4.78, 5) is 16.8. The van der Waals surface area contributed by atoms with Gasteiger partial charge in [0, 0.05) is 6.42 Å². The van der Waals surface area contributed by atoms with Gasteiger partial charge in [0.25, 0.3) is 0 Å². The molecular weight excluding hydrogens is 368 g/mol. The van der Waals surface area contributed by atoms with Crippen LogP contribution < -0.4 is 5.14 Å². The van der Waals surface area contributed by atoms with Crippen LogP contribution in [0, 0.1) is 6.92 Å². The summed E-state index contributed by atoms with van der Waals surface area (Å²) in [5.74, 6) is -0.0538. The Morgan fingerprint density at radius 3 is 2.48 bits per heavy atom. The molecule has 2 N–H and O–H groups in total. The quantitative estimate of drug-likeness (QED) is 0.810. The minimum atomic E-state index is -3.71. The number of oxime groups is 1. The molecule has 0 aliphatic carbocycles. The number of esters is 1. The second-order valence-corrected chi connectivity index (χ2v) is 7.81. The monoisotopic (exact) mass is 388 g/mol. The molecule has 0 fully saturated rings. The van der Waals surface area contributed by atoms with E-state index in [1.54, 1.807) is 19.1 Å². The molecule has 1 atom stereocenters. The lowest BCUT2D eigenvalue weighted by molar-refractivity contribution is -0.135. The van der Waals surface area contributed by atoms with E-state index in [9.17, 15) is 13.2 Å². The Hall–Kier alpha value is -2.71. The number of primary sulfonamides is 1. The summed E-state index contributed by atoms with van der Waals surface area (Å²) in [6.45, 7) is 3.67. The number of rotatable bonds is 4. The van der Waals surface area contributed by atoms with Crippen LogP contribution in [0.15, 0.2) is 52.5 Å². The molecule has 0 saturated heterocycles. The number of nitrogens with two attached hydrogens (primary N) is 1. The molecule has 2 aromatic rings. The van der Waals surface area contributed by atoms with Gasteiger partial charge in [-0.3, -0.25) is 4.79 Å². The number of ether oxygens (including phenoxy) is 1. The fourth-order valence-corrected chi connectivity index (χ4v) is 3.36. The zero-order valence-electron chi connectivity index (χ0n) is 15.0. The Morgan fingerprint density at radius 2 is 1.89 bits per heavy atom. The normalized spacial score (nSPS) is 16.6. The minimum absolute atomic E-state index is 0.0743. The highest BCUT2D eigenvalue weighted by Crippen LogP contribution is 2.32. The Bertz CT molecular complexity index is 997. The number of aryl methyl sites for hydroxylation is 1. The Kier molecular flexibility index (Phi) is 5.29. The lowest BCUT2D eigenvalue weighted by atomic mass is 9.96. The van der Waals surface area contributed by atoms with Crippen LogP contribution in [0.4, 0.5) is 0 Å². The number of hydrogen-bond donors (Lipinski definition) is 1. The molecule has 8 heteroatoms. The Balaban J connectivity index is 1.76. The molecule has 3 rings (SSSR count). The van der Waals surface area contributed by atoms with Gasteiger partial charge in [0.1, 0.15) is 0 Å². The van der Waals surface area contributed by atoms with Crippen molar-refractivity contribution in [1.29, 1.82) is 0 Å². The molecule has 0 amide bonds. The smallest absolute Gasteiger partial charge is 0.312 e. The molecule has 0 radical (unpaired) electrons. The van der Waals surface area contributed by atoms with Crippen molar-refractivity contribution in [2.45, 2.75) is 37.7 Å². The first-order valence-electron chi connectivity index (χ1n) is 8.45. The van der Waals surface area contributed by atoms with Crippen molar-refractivity contribution in [3.63, 3.8) is 0 Å². The van der Waals surface area contributed by atoms with E-state index in [-0.39, 0.29) is 29.3 Å². The maximum Gasteiger partial charge on any atom is 0.312 e. The second kappa shape index (κ2) is 7.50. The minimum Gasteiger partial charge on any atom is -0.408 e. The Labute approximate surface area is 157 Å². The van der Waals surface area contributed by atoms with Crippen molar-refractivity contribution >= 4 is 21.9 Å². The molecule has 0 aromatic heterocycles. The van der Waals surface area contributed by atoms with E-state index >= 15 is 0 Å². The van der Waals surface area contributed by atoms with Crippen molar-refractivity contribution in [3.05, 3.63) is 53.6 Å². The molecule has 142 valence electrons. The van der Waals surface area contributed by atoms with E-state index in [0.717, 1.165) is 22.3 Å². The van der Waals surface area contributed by atoms with Gasteiger partial charge in [-0.1, -0.05) is 42.4 Å². The van der Waals surface area contributed by atoms with E-state index in [4.69, 9.17) is 14.7 Å². The van der Waals surface area contributed by atoms with Crippen molar-refractivity contribution in [2.75, 3.05) is 0 Å². The SMILES string of the molecule is CCC(=O)OC1=NOC(c2ccc(-c3ccc(S(N)(=O)=O)cc3)cc2C)C1. The molecule has 0 bridgehead atoms. The van der Waals surface area contributed by atoms with Crippen LogP contribution in [0.5, 0.6) is 0 Å². The maximum atomic E-state index is 11.4. The van der Waals surface area contributed by atoms with Gasteiger partial charge >= 0.3 is 5.97 Å². The lowest BCUT2D eigenvalue weighted by Crippen LogP contribution is -2.11. The first-order chi connectivity index (χ1) is 12.8. The van der Waals surface area contributed by atoms with Crippen LogP contribution >= 0.6 is 0 Å². The molecule has 1 aliphatic heterocycles. The molecule has 0 spiro atoms. The summed E-state index contributed by atoms with van der Waals surface area (Å²) in [5, 5.41) is 8.97. The number of nitrogens with zero attached hydrogens (tertiary/aromatic N) is 1. The average Bonchev–Trinajstić information content (AvgIpc) is 3.09. The molecule has 0 saturated carbocycles. The van der Waals surface area contributed by atoms with E-state index in [2.05, 4.69) is 5.16 Å². The zero-order valence-corrected chi connectivity index (χ0v) is 15.8. The topological polar surface area (TPSA) is 108 Å². The molecule has 1 unspecified atom stereocenters. The third-order valence-electron chi connectivity index (χ3n) is 4.29. The molecule has 1 heterocycles. The molecule has 1 aliphatic rings. The molecule has 7 nitrogen and oxygen atoms in total. The standard InChI is InChI=1S/C19H20N2O5S/c1-3-19(22)25-18-11-17(26-21-18)16-9-6-14(10-12(16)2)13-4-7-15(8-5-13)27(20,23)24/h4-10,17H,3,11H2,1-2H3,(H2,20,23,24). The summed E-state index contributed by atoms with van der Waals surface area (Å²) in [6.07, 6.45) is 0.375. The number of benzene rings is 2. The summed E-state index contributed by atoms with van der Waals surface area (Å²) in [5.41, 5.74) is 3.75. The van der Waals surface area contributed by atoms with Crippen molar-refractivity contribution < 1.29 is 22.8 Å². The van der Waals surface area contributed by atoms with Gasteiger partial charge in [-0.05, 0) is 41.3 Å². The Morgan fingerprint density at radius 1 is 1.22 bits per heavy atom. The van der Waals surface area contributed by atoms with Crippen LogP contribution in [0.2, 0.25) is 0 Å². The van der Waals surface area contributed by atoms with Gasteiger partial charge in [0.15, 0.2) is 6.10 Å². The average molecular weight is 388 g/mol. The van der Waals surface area contributed by atoms with Gasteiger partial charge in [0.2, 0.25) is 15.9 Å². The first kappa shape index (κ1) is 19.1. The molecule has 27 heavy (non-hydrogen) atoms. The predicted octanol–water partition coefficient (Wildman–Crippen LogP) is 3.04. The van der Waals surface area contributed by atoms with E-state index < -0.39 is 10.0 Å². The van der Waals surface area contributed by atoms with Crippen molar-refractivity contribution in [1.82, 2.24) is 0 Å². The number of sulfonamides is 1. The van der Waals surface area contributed by atoms with Crippen LogP contribution in [0.25, 0.3) is 11.1 Å². The fourth-order valence-electron chi connectivity index (χ4n) is 2.84. The third-order valence-corrected chi connectivity index (χ3v) is 5.22. The summed E-state index contributed by atoms with van der Waals surface area (Å²) in [6, 6.07) is 12.2. The van der Waals surface area contributed by atoms with Gasteiger partial charge < -0.3 is 9.57 Å². The fraction of sp³-hybridized carbons (Fsp3) is 0.263. The zero-order chi connectivity index (χ0) is 19.6. The predicted molar refractivity (Wildman–Crippen MR) is 100 cm³/mol. The highest BCUT2D eigenvalue weighted by molar-refractivity contribution is 7.89. The van der Waals surface area contributed by atoms with Gasteiger partial charge in [-0.2, -0.15) is 0 Å². The molecule has 2 aromatic carbocycles. The molecular formula is C19H20N2O5S. The largest absolute Gasteiger partial charge is 0.408 e. The van der Waals surface area contributed by atoms with Crippen molar-refractivity contribution in [3.8, 4) is 11.1 Å². The van der Waals surface area contributed by atoms with Crippen LogP contribution in [-0.2, 0) is 24.4 Å². The second-order valence-electron chi connectivity index (χ2n) is 6.25. The van der Waals surface area contributed by atoms with E-state index in [1.807, 2.05) is 25.1 Å². The van der Waals surface area contributed by atoms with E-state index in [1.165, 1.54) is 12.1 Å². The number of carbonyl (C=O) groups is 1. The summed E-state index contributed by atoms with van der Waals surface area (Å²) in [7, 11) is -3.71. The maximum absolute atomic E-state index is 11.4. The van der Waals surface area contributed by atoms with Crippen LogP contribution in [-0.4, -0.2) is 20.3 Å². The van der Waals surface area contributed by atoms with Crippen LogP contribution in [0.3, 0.4) is 0 Å². The third kappa shape index (κ3) is 4.35. The van der Waals surface area contributed by atoms with Gasteiger partial charge in [0.05, 0.1) is 11.3 Å².